The van der Waals surface area contributed by atoms with E-state index < -0.39 is 0 Å². The third-order valence-electron chi connectivity index (χ3n) is 4.59. The van der Waals surface area contributed by atoms with Gasteiger partial charge < -0.3 is 15.4 Å². The summed E-state index contributed by atoms with van der Waals surface area (Å²) in [5.41, 5.74) is 0.292. The monoisotopic (exact) mass is 336 g/mol. The molecule has 0 bridgehead atoms. The Morgan fingerprint density at radius 3 is 2.81 bits per heavy atom. The summed E-state index contributed by atoms with van der Waals surface area (Å²) in [4.78, 5) is 12.1. The van der Waals surface area contributed by atoms with Crippen LogP contribution in [0.25, 0.3) is 0 Å². The van der Waals surface area contributed by atoms with E-state index >= 15 is 0 Å². The first-order chi connectivity index (χ1) is 9.74. The third kappa shape index (κ3) is 6.35. The fraction of sp³-hybridized carbons (Fsp3) is 0.933. The quantitative estimate of drug-likeness (QED) is 0.748. The highest BCUT2D eigenvalue weighted by atomic mass is 35.5. The van der Waals surface area contributed by atoms with Crippen molar-refractivity contribution >= 4 is 30.1 Å². The molecule has 21 heavy (non-hydrogen) atoms. The number of halogens is 1. The molecule has 1 aliphatic carbocycles. The van der Waals surface area contributed by atoms with E-state index in [9.17, 15) is 4.79 Å². The lowest BCUT2D eigenvalue weighted by molar-refractivity contribution is -0.122. The number of methoxy groups -OCH3 is 1. The second kappa shape index (κ2) is 9.93. The first-order valence-electron chi connectivity index (χ1n) is 7.81. The minimum absolute atomic E-state index is 0. The van der Waals surface area contributed by atoms with Crippen molar-refractivity contribution < 1.29 is 9.53 Å². The minimum atomic E-state index is 0. The molecule has 2 N–H and O–H groups in total. The van der Waals surface area contributed by atoms with Crippen LogP contribution in [0, 0.1) is 5.41 Å². The van der Waals surface area contributed by atoms with Crippen molar-refractivity contribution in [1.82, 2.24) is 10.6 Å². The summed E-state index contributed by atoms with van der Waals surface area (Å²) in [6.07, 6.45) is 6.73. The Bertz CT molecular complexity index is 306. The maximum atomic E-state index is 12.1. The highest BCUT2D eigenvalue weighted by Crippen LogP contribution is 2.40. The Hall–Kier alpha value is 0.0300. The Morgan fingerprint density at radius 2 is 2.19 bits per heavy atom. The number of thioether (sulfide) groups is 1. The number of rotatable bonds is 7. The van der Waals surface area contributed by atoms with Gasteiger partial charge in [0.05, 0.1) is 0 Å². The smallest absolute Gasteiger partial charge is 0.221 e. The predicted octanol–water partition coefficient (Wildman–Crippen LogP) is 2.22. The first-order valence-corrected chi connectivity index (χ1v) is 8.96. The Labute approximate surface area is 138 Å². The maximum absolute atomic E-state index is 12.1. The van der Waals surface area contributed by atoms with E-state index in [1.807, 2.05) is 11.8 Å². The molecule has 1 amide bonds. The largest absolute Gasteiger partial charge is 0.385 e. The van der Waals surface area contributed by atoms with Gasteiger partial charge in [0.1, 0.15) is 0 Å². The first kappa shape index (κ1) is 19.1. The van der Waals surface area contributed by atoms with Gasteiger partial charge in [0.25, 0.3) is 0 Å². The van der Waals surface area contributed by atoms with E-state index in [4.69, 9.17) is 4.74 Å². The highest BCUT2D eigenvalue weighted by Gasteiger charge is 2.33. The molecule has 1 saturated carbocycles. The zero-order valence-corrected chi connectivity index (χ0v) is 14.6. The standard InChI is InChI=1S/C15H28N2O2S.ClH/c1-19-8-6-15(4-2-3-5-15)12-17-14(18)10-13-11-20-9-7-16-13;/h13,16H,2-12H2,1H3,(H,17,18);1H. The maximum Gasteiger partial charge on any atom is 0.221 e. The number of hydrogen-bond donors (Lipinski definition) is 2. The molecule has 0 spiro atoms. The predicted molar refractivity (Wildman–Crippen MR) is 91.4 cm³/mol. The lowest BCUT2D eigenvalue weighted by Gasteiger charge is -2.29. The molecule has 0 aromatic heterocycles. The van der Waals surface area contributed by atoms with Gasteiger partial charge >= 0.3 is 0 Å². The van der Waals surface area contributed by atoms with Gasteiger partial charge in [-0.05, 0) is 24.7 Å². The molecular formula is C15H29ClN2O2S. The zero-order valence-electron chi connectivity index (χ0n) is 13.0. The summed E-state index contributed by atoms with van der Waals surface area (Å²) < 4.78 is 5.23. The molecule has 6 heteroatoms. The van der Waals surface area contributed by atoms with Gasteiger partial charge in [0, 0.05) is 50.8 Å². The molecule has 4 nitrogen and oxygen atoms in total. The van der Waals surface area contributed by atoms with Gasteiger partial charge in [-0.15, -0.1) is 12.4 Å². The fourth-order valence-electron chi connectivity index (χ4n) is 3.29. The van der Waals surface area contributed by atoms with Crippen molar-refractivity contribution in [3.8, 4) is 0 Å². The van der Waals surface area contributed by atoms with E-state index in [0.717, 1.165) is 37.6 Å². The van der Waals surface area contributed by atoms with Crippen LogP contribution in [-0.4, -0.2) is 50.3 Å². The Morgan fingerprint density at radius 1 is 1.43 bits per heavy atom. The minimum Gasteiger partial charge on any atom is -0.385 e. The van der Waals surface area contributed by atoms with Crippen molar-refractivity contribution in [3.05, 3.63) is 0 Å². The molecule has 2 fully saturated rings. The SMILES string of the molecule is COCCC1(CNC(=O)CC2CSCCN2)CCCC1.Cl. The summed E-state index contributed by atoms with van der Waals surface area (Å²) in [5.74, 6) is 2.43. The molecule has 0 aromatic carbocycles. The van der Waals surface area contributed by atoms with E-state index in [1.54, 1.807) is 7.11 Å². The molecule has 0 radical (unpaired) electrons. The number of carbonyl (C=O) groups excluding carboxylic acids is 1. The van der Waals surface area contributed by atoms with Crippen LogP contribution in [0.3, 0.4) is 0 Å². The van der Waals surface area contributed by atoms with E-state index in [-0.39, 0.29) is 18.3 Å². The molecular weight excluding hydrogens is 308 g/mol. The van der Waals surface area contributed by atoms with Crippen molar-refractivity contribution in [1.29, 1.82) is 0 Å². The number of nitrogens with one attached hydrogen (secondary N) is 2. The van der Waals surface area contributed by atoms with Crippen LogP contribution in [-0.2, 0) is 9.53 Å². The van der Waals surface area contributed by atoms with Gasteiger partial charge in [-0.2, -0.15) is 11.8 Å². The van der Waals surface area contributed by atoms with Crippen LogP contribution in [0.15, 0.2) is 0 Å². The second-order valence-corrected chi connectivity index (χ2v) is 7.31. The van der Waals surface area contributed by atoms with Crippen LogP contribution >= 0.6 is 24.2 Å². The van der Waals surface area contributed by atoms with Crippen LogP contribution < -0.4 is 10.6 Å². The Kier molecular flexibility index (Phi) is 9.02. The van der Waals surface area contributed by atoms with Crippen LogP contribution in [0.5, 0.6) is 0 Å². The second-order valence-electron chi connectivity index (χ2n) is 6.16. The molecule has 1 unspecified atom stereocenters. The average molecular weight is 337 g/mol. The number of ether oxygens (including phenoxy) is 1. The summed E-state index contributed by atoms with van der Waals surface area (Å²) in [6, 6.07) is 0.354. The van der Waals surface area contributed by atoms with Crippen LogP contribution in [0.4, 0.5) is 0 Å². The molecule has 2 aliphatic rings. The lowest BCUT2D eigenvalue weighted by atomic mass is 9.83. The molecule has 124 valence electrons. The number of hydrogen-bond acceptors (Lipinski definition) is 4. The van der Waals surface area contributed by atoms with Crippen molar-refractivity contribution in [2.24, 2.45) is 5.41 Å². The average Bonchev–Trinajstić information content (AvgIpc) is 2.94. The van der Waals surface area contributed by atoms with Crippen LogP contribution in [0.2, 0.25) is 0 Å². The highest BCUT2D eigenvalue weighted by molar-refractivity contribution is 7.99. The molecule has 2 rings (SSSR count). The van der Waals surface area contributed by atoms with Gasteiger partial charge in [0.15, 0.2) is 0 Å². The molecule has 0 aromatic rings. The van der Waals surface area contributed by atoms with E-state index in [0.29, 0.717) is 17.9 Å². The van der Waals surface area contributed by atoms with Gasteiger partial charge in [-0.3, -0.25) is 4.79 Å². The van der Waals surface area contributed by atoms with Crippen molar-refractivity contribution in [2.45, 2.75) is 44.6 Å². The van der Waals surface area contributed by atoms with Crippen molar-refractivity contribution in [2.75, 3.05) is 38.3 Å². The number of carbonyl (C=O) groups is 1. The van der Waals surface area contributed by atoms with Gasteiger partial charge in [0.2, 0.25) is 5.91 Å². The molecule has 1 heterocycles. The summed E-state index contributed by atoms with van der Waals surface area (Å²) in [6.45, 7) is 2.66. The fourth-order valence-corrected chi connectivity index (χ4v) is 4.24. The third-order valence-corrected chi connectivity index (χ3v) is 5.72. The summed E-state index contributed by atoms with van der Waals surface area (Å²) in [5, 5.41) is 6.60. The van der Waals surface area contributed by atoms with Gasteiger partial charge in [-0.25, -0.2) is 0 Å². The van der Waals surface area contributed by atoms with E-state index in [1.165, 1.54) is 25.7 Å². The Balaban J connectivity index is 0.00000220. The summed E-state index contributed by atoms with van der Waals surface area (Å²) >= 11 is 1.94. The van der Waals surface area contributed by atoms with Crippen molar-refractivity contribution in [3.63, 3.8) is 0 Å². The topological polar surface area (TPSA) is 50.4 Å². The lowest BCUT2D eigenvalue weighted by Crippen LogP contribution is -2.43. The zero-order chi connectivity index (χ0) is 14.3. The molecule has 1 aliphatic heterocycles. The van der Waals surface area contributed by atoms with E-state index in [2.05, 4.69) is 10.6 Å². The normalized spacial score (nSPS) is 24.3. The molecule has 1 saturated heterocycles. The number of amides is 1. The molecule has 1 atom stereocenters. The van der Waals surface area contributed by atoms with Gasteiger partial charge in [-0.1, -0.05) is 12.8 Å². The van der Waals surface area contributed by atoms with Crippen LogP contribution in [0.1, 0.15) is 38.5 Å². The summed E-state index contributed by atoms with van der Waals surface area (Å²) in [7, 11) is 1.76.